The van der Waals surface area contributed by atoms with Crippen molar-refractivity contribution >= 4 is 29.2 Å². The number of benzene rings is 2. The summed E-state index contributed by atoms with van der Waals surface area (Å²) in [6.07, 6.45) is 3.20. The topological polar surface area (TPSA) is 49.8 Å². The highest BCUT2D eigenvalue weighted by Gasteiger charge is 2.36. The normalized spacial score (nSPS) is 18.5. The number of ether oxygens (including phenoxy) is 1. The van der Waals surface area contributed by atoms with Gasteiger partial charge in [-0.15, -0.1) is 0 Å². The van der Waals surface area contributed by atoms with E-state index in [1.165, 1.54) is 6.07 Å². The summed E-state index contributed by atoms with van der Waals surface area (Å²) in [7, 11) is 0. The number of alkyl halides is 1. The number of nitrogens with zero attached hydrogens (tertiary/aromatic N) is 1. The van der Waals surface area contributed by atoms with Crippen molar-refractivity contribution in [1.29, 1.82) is 0 Å². The first-order valence-corrected chi connectivity index (χ1v) is 11.5. The van der Waals surface area contributed by atoms with Crippen LogP contribution in [0.3, 0.4) is 0 Å². The Labute approximate surface area is 196 Å². The minimum Gasteiger partial charge on any atom is -0.490 e. The van der Waals surface area contributed by atoms with Crippen molar-refractivity contribution < 1.29 is 23.4 Å². The fourth-order valence-corrected chi connectivity index (χ4v) is 4.72. The number of likely N-dealkylation sites (tertiary alicyclic amines) is 1. The number of halogens is 4. The molecular formula is C24H25Cl2F2NO3. The number of carbonyl (C=O) groups is 1. The molecule has 32 heavy (non-hydrogen) atoms. The molecule has 172 valence electrons. The second-order valence-corrected chi connectivity index (χ2v) is 9.63. The molecule has 0 unspecified atom stereocenters. The summed E-state index contributed by atoms with van der Waals surface area (Å²) in [5.41, 5.74) is -0.172. The number of rotatable bonds is 8. The van der Waals surface area contributed by atoms with E-state index in [9.17, 15) is 9.18 Å². The van der Waals surface area contributed by atoms with Crippen LogP contribution in [0.1, 0.15) is 53.1 Å². The van der Waals surface area contributed by atoms with Gasteiger partial charge in [-0.05, 0) is 73.4 Å². The lowest BCUT2D eigenvalue weighted by Gasteiger charge is -2.36. The Hall–Kier alpha value is -1.89. The third kappa shape index (κ3) is 5.72. The van der Waals surface area contributed by atoms with Gasteiger partial charge in [-0.1, -0.05) is 23.2 Å². The van der Waals surface area contributed by atoms with Crippen LogP contribution in [0.5, 0.6) is 5.75 Å². The number of piperidine rings is 1. The molecule has 0 amide bonds. The highest BCUT2D eigenvalue weighted by molar-refractivity contribution is 6.34. The van der Waals surface area contributed by atoms with Gasteiger partial charge in [-0.3, -0.25) is 0 Å². The molecule has 1 saturated heterocycles. The van der Waals surface area contributed by atoms with E-state index in [1.54, 1.807) is 6.07 Å². The van der Waals surface area contributed by atoms with Crippen LogP contribution in [-0.4, -0.2) is 47.9 Å². The van der Waals surface area contributed by atoms with Gasteiger partial charge in [-0.25, -0.2) is 13.6 Å². The first-order chi connectivity index (χ1) is 15.2. The van der Waals surface area contributed by atoms with Crippen molar-refractivity contribution in [3.8, 4) is 5.75 Å². The molecule has 0 bridgehead atoms. The van der Waals surface area contributed by atoms with Crippen LogP contribution in [0, 0.1) is 5.82 Å². The monoisotopic (exact) mass is 483 g/mol. The number of carboxylic acids is 1. The molecule has 2 aromatic rings. The van der Waals surface area contributed by atoms with Crippen LogP contribution in [0.15, 0.2) is 30.3 Å². The van der Waals surface area contributed by atoms with E-state index in [2.05, 4.69) is 4.90 Å². The van der Waals surface area contributed by atoms with Crippen molar-refractivity contribution in [2.75, 3.05) is 26.2 Å². The lowest BCUT2D eigenvalue weighted by molar-refractivity contribution is 0.0174. The Morgan fingerprint density at radius 3 is 2.38 bits per heavy atom. The minimum absolute atomic E-state index is 0.154. The van der Waals surface area contributed by atoms with Crippen LogP contribution in [0.2, 0.25) is 10.0 Å². The fourth-order valence-electron chi connectivity index (χ4n) is 4.15. The van der Waals surface area contributed by atoms with Crippen molar-refractivity contribution in [1.82, 2.24) is 4.90 Å². The fraction of sp³-hybridized carbons (Fsp3) is 0.458. The van der Waals surface area contributed by atoms with E-state index in [4.69, 9.17) is 33.0 Å². The Kier molecular flexibility index (Phi) is 6.94. The van der Waals surface area contributed by atoms with Crippen LogP contribution in [-0.2, 0) is 6.42 Å². The maximum Gasteiger partial charge on any atom is 0.338 e. The molecule has 2 fully saturated rings. The zero-order chi connectivity index (χ0) is 22.9. The summed E-state index contributed by atoms with van der Waals surface area (Å²) in [5, 5.41) is 10.4. The molecule has 4 nitrogen and oxygen atoms in total. The molecule has 0 aromatic heterocycles. The highest BCUT2D eigenvalue weighted by Crippen LogP contribution is 2.45. The standard InChI is InChI=1S/C24H25Cl2F2NO3/c25-17-9-15(10-18(26)11-17)3-6-29-7-4-24(28,5-8-29)14-32-22-13-21(27)20(23(30)31)12-19(22)16-1-2-16/h9-13,16H,1-8,14H2,(H,30,31). The van der Waals surface area contributed by atoms with E-state index in [-0.39, 0.29) is 23.8 Å². The number of hydrogen-bond donors (Lipinski definition) is 1. The maximum atomic E-state index is 15.4. The van der Waals surface area contributed by atoms with Gasteiger partial charge in [0.1, 0.15) is 23.8 Å². The molecule has 1 aliphatic carbocycles. The molecule has 0 atom stereocenters. The van der Waals surface area contributed by atoms with E-state index in [1.807, 2.05) is 12.1 Å². The molecule has 0 radical (unpaired) electrons. The Morgan fingerprint density at radius 2 is 1.78 bits per heavy atom. The summed E-state index contributed by atoms with van der Waals surface area (Å²) in [6.45, 7) is 1.80. The Morgan fingerprint density at radius 1 is 1.12 bits per heavy atom. The number of hydrogen-bond acceptors (Lipinski definition) is 3. The second kappa shape index (κ2) is 9.54. The highest BCUT2D eigenvalue weighted by atomic mass is 35.5. The van der Waals surface area contributed by atoms with E-state index in [0.717, 1.165) is 37.4 Å². The SMILES string of the molecule is O=C(O)c1cc(C2CC2)c(OCC2(F)CCN(CCc3cc(Cl)cc(Cl)c3)CC2)cc1F. The van der Waals surface area contributed by atoms with Crippen molar-refractivity contribution in [3.63, 3.8) is 0 Å². The quantitative estimate of drug-likeness (QED) is 0.490. The second-order valence-electron chi connectivity index (χ2n) is 8.76. The summed E-state index contributed by atoms with van der Waals surface area (Å²) in [5.74, 6) is -1.76. The van der Waals surface area contributed by atoms with E-state index >= 15 is 4.39 Å². The van der Waals surface area contributed by atoms with Gasteiger partial charge in [0.05, 0.1) is 5.56 Å². The van der Waals surface area contributed by atoms with Gasteiger partial charge in [-0.2, -0.15) is 0 Å². The third-order valence-electron chi connectivity index (χ3n) is 6.22. The van der Waals surface area contributed by atoms with Gasteiger partial charge in [0.25, 0.3) is 0 Å². The van der Waals surface area contributed by atoms with Crippen molar-refractivity contribution in [2.24, 2.45) is 0 Å². The van der Waals surface area contributed by atoms with Crippen LogP contribution in [0.25, 0.3) is 0 Å². The number of carboxylic acid groups (broad SMARTS) is 1. The predicted molar refractivity (Wildman–Crippen MR) is 121 cm³/mol. The predicted octanol–water partition coefficient (Wildman–Crippen LogP) is 6.13. The summed E-state index contributed by atoms with van der Waals surface area (Å²) in [4.78, 5) is 13.4. The molecule has 1 N–H and O–H groups in total. The average molecular weight is 484 g/mol. The maximum absolute atomic E-state index is 15.4. The van der Waals surface area contributed by atoms with Crippen LogP contribution in [0.4, 0.5) is 8.78 Å². The molecule has 1 saturated carbocycles. The average Bonchev–Trinajstić information content (AvgIpc) is 3.56. The molecule has 2 aromatic carbocycles. The van der Waals surface area contributed by atoms with Crippen LogP contribution < -0.4 is 4.74 Å². The molecule has 1 heterocycles. The zero-order valence-corrected chi connectivity index (χ0v) is 19.1. The van der Waals surface area contributed by atoms with Gasteiger partial charge in [0.2, 0.25) is 0 Å². The van der Waals surface area contributed by atoms with Crippen molar-refractivity contribution in [2.45, 2.75) is 43.7 Å². The third-order valence-corrected chi connectivity index (χ3v) is 6.66. The van der Waals surface area contributed by atoms with E-state index < -0.39 is 17.5 Å². The molecular weight excluding hydrogens is 459 g/mol. The minimum atomic E-state index is -1.50. The van der Waals surface area contributed by atoms with Gasteiger partial charge < -0.3 is 14.7 Å². The first kappa shape index (κ1) is 23.3. The zero-order valence-electron chi connectivity index (χ0n) is 17.6. The smallest absolute Gasteiger partial charge is 0.338 e. The summed E-state index contributed by atoms with van der Waals surface area (Å²) < 4.78 is 35.3. The van der Waals surface area contributed by atoms with Crippen molar-refractivity contribution in [3.05, 3.63) is 62.9 Å². The molecule has 2 aliphatic rings. The Bertz CT molecular complexity index is 985. The largest absolute Gasteiger partial charge is 0.490 e. The molecule has 1 aliphatic heterocycles. The molecule has 0 spiro atoms. The van der Waals surface area contributed by atoms with Gasteiger partial charge in [0.15, 0.2) is 0 Å². The summed E-state index contributed by atoms with van der Waals surface area (Å²) >= 11 is 12.1. The van der Waals surface area contributed by atoms with Gasteiger partial charge in [0, 0.05) is 35.7 Å². The number of aromatic carboxylic acids is 1. The molecule has 8 heteroatoms. The summed E-state index contributed by atoms with van der Waals surface area (Å²) in [6, 6.07) is 7.89. The Balaban J connectivity index is 1.32. The van der Waals surface area contributed by atoms with Crippen LogP contribution >= 0.6 is 23.2 Å². The lowest BCUT2D eigenvalue weighted by Crippen LogP contribution is -2.45. The van der Waals surface area contributed by atoms with Gasteiger partial charge >= 0.3 is 5.97 Å². The molecule has 4 rings (SSSR count). The lowest BCUT2D eigenvalue weighted by atomic mass is 9.94. The van der Waals surface area contributed by atoms with E-state index in [0.29, 0.717) is 41.5 Å². The first-order valence-electron chi connectivity index (χ1n) is 10.8.